The van der Waals surface area contributed by atoms with Gasteiger partial charge in [-0.25, -0.2) is 4.98 Å². The van der Waals surface area contributed by atoms with Crippen LogP contribution in [0.4, 0.5) is 5.69 Å². The molecule has 118 valence electrons. The first-order valence-corrected chi connectivity index (χ1v) is 8.57. The number of thiophene rings is 1. The Balaban J connectivity index is 1.51. The largest absolute Gasteiger partial charge is 0.326 e. The summed E-state index contributed by atoms with van der Waals surface area (Å²) < 4.78 is 2.03. The van der Waals surface area contributed by atoms with Gasteiger partial charge in [0.25, 0.3) is 0 Å². The number of carbonyl (C=O) groups excluding carboxylic acids is 1. The molecule has 4 nitrogen and oxygen atoms in total. The number of benzene rings is 2. The molecule has 1 N–H and O–H groups in total. The molecule has 0 radical (unpaired) electrons. The van der Waals surface area contributed by atoms with Gasteiger partial charge in [-0.2, -0.15) is 11.3 Å². The Hall–Kier alpha value is -2.92. The zero-order valence-corrected chi connectivity index (χ0v) is 13.7. The molecule has 0 fully saturated rings. The average Bonchev–Trinajstić information content (AvgIpc) is 3.25. The molecule has 2 aromatic carbocycles. The summed E-state index contributed by atoms with van der Waals surface area (Å²) in [5.41, 5.74) is 4.87. The van der Waals surface area contributed by atoms with Gasteiger partial charge >= 0.3 is 0 Å². The van der Waals surface area contributed by atoms with Gasteiger partial charge in [-0.15, -0.1) is 0 Å². The van der Waals surface area contributed by atoms with Crippen LogP contribution >= 0.6 is 11.3 Å². The van der Waals surface area contributed by atoms with E-state index in [0.717, 1.165) is 28.0 Å². The van der Waals surface area contributed by atoms with E-state index in [4.69, 9.17) is 0 Å². The Labute approximate surface area is 143 Å². The summed E-state index contributed by atoms with van der Waals surface area (Å²) in [5.74, 6) is -0.00534. The minimum Gasteiger partial charge on any atom is -0.326 e. The zero-order valence-electron chi connectivity index (χ0n) is 12.8. The third kappa shape index (κ3) is 2.94. The maximum absolute atomic E-state index is 12.0. The highest BCUT2D eigenvalue weighted by molar-refractivity contribution is 7.08. The number of anilines is 1. The Bertz CT molecular complexity index is 971. The number of rotatable bonds is 4. The lowest BCUT2D eigenvalue weighted by Crippen LogP contribution is -2.13. The summed E-state index contributed by atoms with van der Waals surface area (Å²) in [6.45, 7) is 0. The minimum absolute atomic E-state index is 0.00534. The van der Waals surface area contributed by atoms with Crippen LogP contribution in [-0.2, 0) is 11.2 Å². The van der Waals surface area contributed by atoms with Crippen molar-refractivity contribution in [2.75, 3.05) is 5.32 Å². The fourth-order valence-corrected chi connectivity index (χ4v) is 3.32. The van der Waals surface area contributed by atoms with E-state index in [1.807, 2.05) is 76.3 Å². The maximum atomic E-state index is 12.0. The monoisotopic (exact) mass is 333 g/mol. The van der Waals surface area contributed by atoms with Crippen LogP contribution in [0.25, 0.3) is 16.7 Å². The van der Waals surface area contributed by atoms with Crippen molar-refractivity contribution in [1.29, 1.82) is 0 Å². The van der Waals surface area contributed by atoms with Crippen molar-refractivity contribution in [3.05, 3.63) is 77.2 Å². The molecule has 0 aliphatic carbocycles. The molecular formula is C19H15N3OS. The van der Waals surface area contributed by atoms with Gasteiger partial charge in [0.1, 0.15) is 6.33 Å². The van der Waals surface area contributed by atoms with Crippen molar-refractivity contribution in [2.24, 2.45) is 0 Å². The third-order valence-corrected chi connectivity index (χ3v) is 4.56. The Morgan fingerprint density at radius 3 is 2.71 bits per heavy atom. The summed E-state index contributed by atoms with van der Waals surface area (Å²) in [4.78, 5) is 16.4. The third-order valence-electron chi connectivity index (χ3n) is 3.83. The molecular weight excluding hydrogens is 318 g/mol. The predicted octanol–water partition coefficient (Wildman–Crippen LogP) is 4.27. The number of aromatic nitrogens is 2. The number of carbonyl (C=O) groups is 1. The fraction of sp³-hybridized carbons (Fsp3) is 0.0526. The van der Waals surface area contributed by atoms with Gasteiger partial charge in [0, 0.05) is 11.4 Å². The van der Waals surface area contributed by atoms with E-state index in [1.54, 1.807) is 11.3 Å². The summed E-state index contributed by atoms with van der Waals surface area (Å²) >= 11 is 1.60. The highest BCUT2D eigenvalue weighted by atomic mass is 32.1. The fourth-order valence-electron chi connectivity index (χ4n) is 2.65. The molecule has 0 saturated carbocycles. The zero-order chi connectivity index (χ0) is 16.4. The molecule has 0 saturated heterocycles. The molecule has 0 bridgehead atoms. The summed E-state index contributed by atoms with van der Waals surface area (Å²) in [5, 5.41) is 6.90. The quantitative estimate of drug-likeness (QED) is 0.606. The van der Waals surface area contributed by atoms with Gasteiger partial charge in [0.2, 0.25) is 5.91 Å². The van der Waals surface area contributed by atoms with Crippen LogP contribution in [0.1, 0.15) is 5.56 Å². The van der Waals surface area contributed by atoms with Crippen molar-refractivity contribution >= 4 is 34.0 Å². The van der Waals surface area contributed by atoms with E-state index in [0.29, 0.717) is 6.42 Å². The van der Waals surface area contributed by atoms with Crippen LogP contribution in [-0.4, -0.2) is 15.5 Å². The second kappa shape index (κ2) is 6.29. The van der Waals surface area contributed by atoms with E-state index < -0.39 is 0 Å². The Morgan fingerprint density at radius 1 is 1.08 bits per heavy atom. The van der Waals surface area contributed by atoms with Gasteiger partial charge in [-0.05, 0) is 58.8 Å². The number of nitrogens with one attached hydrogen (secondary N) is 1. The lowest BCUT2D eigenvalue weighted by molar-refractivity contribution is -0.115. The number of nitrogens with zero attached hydrogens (tertiary/aromatic N) is 2. The van der Waals surface area contributed by atoms with Crippen LogP contribution in [0.15, 0.2) is 71.7 Å². The first-order valence-electron chi connectivity index (χ1n) is 7.63. The first kappa shape index (κ1) is 14.7. The molecule has 2 heterocycles. The van der Waals surface area contributed by atoms with E-state index in [1.165, 1.54) is 0 Å². The standard InChI is InChI=1S/C19H15N3OS/c23-19(11-14-9-10-24-12-14)21-15-5-7-16(8-6-15)22-13-20-17-3-1-2-4-18(17)22/h1-10,12-13H,11H2,(H,21,23). The van der Waals surface area contributed by atoms with E-state index in [9.17, 15) is 4.79 Å². The van der Waals surface area contributed by atoms with Crippen LogP contribution in [0, 0.1) is 0 Å². The summed E-state index contributed by atoms with van der Waals surface area (Å²) in [6, 6.07) is 17.8. The summed E-state index contributed by atoms with van der Waals surface area (Å²) in [6.07, 6.45) is 2.21. The predicted molar refractivity (Wildman–Crippen MR) is 97.7 cm³/mol. The smallest absolute Gasteiger partial charge is 0.228 e. The molecule has 5 heteroatoms. The number of fused-ring (bicyclic) bond motifs is 1. The normalized spacial score (nSPS) is 10.8. The van der Waals surface area contributed by atoms with Gasteiger partial charge < -0.3 is 5.32 Å². The van der Waals surface area contributed by atoms with Crippen molar-refractivity contribution in [3.8, 4) is 5.69 Å². The van der Waals surface area contributed by atoms with Gasteiger partial charge in [0.15, 0.2) is 0 Å². The van der Waals surface area contributed by atoms with Crippen LogP contribution in [0.2, 0.25) is 0 Å². The van der Waals surface area contributed by atoms with Crippen LogP contribution in [0.3, 0.4) is 0 Å². The number of imidazole rings is 1. The highest BCUT2D eigenvalue weighted by Crippen LogP contribution is 2.19. The highest BCUT2D eigenvalue weighted by Gasteiger charge is 2.06. The Kier molecular flexibility index (Phi) is 3.84. The minimum atomic E-state index is -0.00534. The van der Waals surface area contributed by atoms with E-state index in [-0.39, 0.29) is 5.91 Å². The number of hydrogen-bond donors (Lipinski definition) is 1. The first-order chi connectivity index (χ1) is 11.8. The van der Waals surface area contributed by atoms with Gasteiger partial charge in [-0.3, -0.25) is 9.36 Å². The molecule has 0 atom stereocenters. The van der Waals surface area contributed by atoms with E-state index in [2.05, 4.69) is 10.3 Å². The molecule has 4 rings (SSSR count). The van der Waals surface area contributed by atoms with Crippen molar-refractivity contribution in [3.63, 3.8) is 0 Å². The Morgan fingerprint density at radius 2 is 1.92 bits per heavy atom. The van der Waals surface area contributed by atoms with Crippen molar-refractivity contribution < 1.29 is 4.79 Å². The molecule has 0 unspecified atom stereocenters. The van der Waals surface area contributed by atoms with Crippen molar-refractivity contribution in [1.82, 2.24) is 9.55 Å². The van der Waals surface area contributed by atoms with E-state index >= 15 is 0 Å². The topological polar surface area (TPSA) is 46.9 Å². The molecule has 0 spiro atoms. The maximum Gasteiger partial charge on any atom is 0.228 e. The second-order valence-corrected chi connectivity index (χ2v) is 6.29. The number of amides is 1. The molecule has 1 amide bonds. The SMILES string of the molecule is O=C(Cc1ccsc1)Nc1ccc(-n2cnc3ccccc32)cc1. The molecule has 0 aliphatic rings. The second-order valence-electron chi connectivity index (χ2n) is 5.51. The lowest BCUT2D eigenvalue weighted by atomic mass is 10.2. The average molecular weight is 333 g/mol. The van der Waals surface area contributed by atoms with Gasteiger partial charge in [0.05, 0.1) is 17.5 Å². The number of hydrogen-bond acceptors (Lipinski definition) is 3. The molecule has 0 aliphatic heterocycles. The summed E-state index contributed by atoms with van der Waals surface area (Å²) in [7, 11) is 0. The number of para-hydroxylation sites is 2. The molecule has 2 aromatic heterocycles. The van der Waals surface area contributed by atoms with Gasteiger partial charge in [-0.1, -0.05) is 12.1 Å². The van der Waals surface area contributed by atoms with Crippen LogP contribution < -0.4 is 5.32 Å². The lowest BCUT2D eigenvalue weighted by Gasteiger charge is -2.07. The molecule has 24 heavy (non-hydrogen) atoms. The van der Waals surface area contributed by atoms with Crippen LogP contribution in [0.5, 0.6) is 0 Å². The van der Waals surface area contributed by atoms with Crippen molar-refractivity contribution in [2.45, 2.75) is 6.42 Å². The molecule has 4 aromatic rings.